The number of pyridine rings is 1. The summed E-state index contributed by atoms with van der Waals surface area (Å²) in [7, 11) is 0. The molecule has 0 saturated heterocycles. The van der Waals surface area contributed by atoms with Crippen LogP contribution in [0, 0.1) is 13.8 Å². The van der Waals surface area contributed by atoms with Crippen molar-refractivity contribution in [3.63, 3.8) is 0 Å². The molecule has 0 radical (unpaired) electrons. The second kappa shape index (κ2) is 8.31. The van der Waals surface area contributed by atoms with Crippen molar-refractivity contribution < 1.29 is 9.90 Å². The van der Waals surface area contributed by atoms with E-state index in [1.54, 1.807) is 11.8 Å². The molecule has 1 aromatic carbocycles. The Labute approximate surface area is 141 Å². The molecular weight excluding hydrogens is 308 g/mol. The summed E-state index contributed by atoms with van der Waals surface area (Å²) in [6, 6.07) is 8.01. The third kappa shape index (κ3) is 4.45. The van der Waals surface area contributed by atoms with Crippen LogP contribution in [0.5, 0.6) is 0 Å². The van der Waals surface area contributed by atoms with Gasteiger partial charge < -0.3 is 10.4 Å². The molecule has 2 N–H and O–H groups in total. The number of aromatic nitrogens is 1. The van der Waals surface area contributed by atoms with E-state index < -0.39 is 0 Å². The first-order chi connectivity index (χ1) is 11.1. The number of aliphatic hydroxyl groups is 1. The van der Waals surface area contributed by atoms with Crippen LogP contribution in [0.4, 0.5) is 0 Å². The zero-order valence-electron chi connectivity index (χ0n) is 13.9. The first-order valence-electron chi connectivity index (χ1n) is 7.80. The van der Waals surface area contributed by atoms with Gasteiger partial charge in [0.05, 0.1) is 11.9 Å². The normalized spacial score (nSPS) is 12.3. The fourth-order valence-electron chi connectivity index (χ4n) is 2.82. The smallest absolute Gasteiger partial charge is 0.224 e. The lowest BCUT2D eigenvalue weighted by atomic mass is 9.99. The Morgan fingerprint density at radius 2 is 2.09 bits per heavy atom. The SMILES string of the molecule is CSCC(CCO)NC(=O)Cc1c(C)nc2ccccc2c1C. The van der Waals surface area contributed by atoms with Gasteiger partial charge in [0.25, 0.3) is 0 Å². The van der Waals surface area contributed by atoms with E-state index in [1.807, 2.05) is 44.4 Å². The molecule has 23 heavy (non-hydrogen) atoms. The zero-order valence-corrected chi connectivity index (χ0v) is 14.7. The monoisotopic (exact) mass is 332 g/mol. The number of fused-ring (bicyclic) bond motifs is 1. The van der Waals surface area contributed by atoms with E-state index >= 15 is 0 Å². The highest BCUT2D eigenvalue weighted by atomic mass is 32.2. The molecule has 0 saturated carbocycles. The molecule has 0 aliphatic heterocycles. The van der Waals surface area contributed by atoms with E-state index in [2.05, 4.69) is 10.3 Å². The fourth-order valence-corrected chi connectivity index (χ4v) is 3.48. The van der Waals surface area contributed by atoms with Gasteiger partial charge in [-0.2, -0.15) is 11.8 Å². The van der Waals surface area contributed by atoms with Crippen molar-refractivity contribution in [2.45, 2.75) is 32.7 Å². The van der Waals surface area contributed by atoms with E-state index in [-0.39, 0.29) is 18.6 Å². The van der Waals surface area contributed by atoms with Crippen LogP contribution in [0.1, 0.15) is 23.2 Å². The molecule has 0 aliphatic carbocycles. The van der Waals surface area contributed by atoms with Gasteiger partial charge in [-0.3, -0.25) is 9.78 Å². The van der Waals surface area contributed by atoms with Gasteiger partial charge in [-0.05, 0) is 43.7 Å². The number of hydrogen-bond acceptors (Lipinski definition) is 4. The number of nitrogens with zero attached hydrogens (tertiary/aromatic N) is 1. The van der Waals surface area contributed by atoms with Crippen molar-refractivity contribution in [2.24, 2.45) is 0 Å². The van der Waals surface area contributed by atoms with Crippen LogP contribution in [0.15, 0.2) is 24.3 Å². The summed E-state index contributed by atoms with van der Waals surface area (Å²) in [4.78, 5) is 17.0. The molecule has 1 atom stereocenters. The van der Waals surface area contributed by atoms with Gasteiger partial charge >= 0.3 is 0 Å². The standard InChI is InChI=1S/C18H24N2O2S/c1-12-15-6-4-5-7-17(15)19-13(2)16(12)10-18(22)20-14(8-9-21)11-23-3/h4-7,14,21H,8-11H2,1-3H3,(H,20,22). The van der Waals surface area contributed by atoms with Crippen molar-refractivity contribution in [3.8, 4) is 0 Å². The maximum absolute atomic E-state index is 12.4. The van der Waals surface area contributed by atoms with Gasteiger partial charge in [0.1, 0.15) is 0 Å². The molecule has 4 nitrogen and oxygen atoms in total. The Balaban J connectivity index is 2.19. The van der Waals surface area contributed by atoms with Crippen LogP contribution in [-0.4, -0.2) is 40.7 Å². The summed E-state index contributed by atoms with van der Waals surface area (Å²) in [5.74, 6) is 0.793. The van der Waals surface area contributed by atoms with Crippen LogP contribution in [0.25, 0.3) is 10.9 Å². The maximum Gasteiger partial charge on any atom is 0.224 e. The largest absolute Gasteiger partial charge is 0.396 e. The molecule has 124 valence electrons. The Morgan fingerprint density at radius 1 is 1.35 bits per heavy atom. The average Bonchev–Trinajstić information content (AvgIpc) is 2.52. The number of nitrogens with one attached hydrogen (secondary N) is 1. The Morgan fingerprint density at radius 3 is 2.78 bits per heavy atom. The van der Waals surface area contributed by atoms with E-state index in [9.17, 15) is 4.79 Å². The molecule has 1 unspecified atom stereocenters. The molecule has 1 amide bonds. The second-order valence-corrected chi connectivity index (χ2v) is 6.64. The van der Waals surface area contributed by atoms with Gasteiger partial charge in [-0.25, -0.2) is 0 Å². The Hall–Kier alpha value is -1.59. The average molecular weight is 332 g/mol. The molecular formula is C18H24N2O2S. The summed E-state index contributed by atoms with van der Waals surface area (Å²) in [6.07, 6.45) is 2.91. The van der Waals surface area contributed by atoms with Crippen LogP contribution in [-0.2, 0) is 11.2 Å². The number of rotatable bonds is 7. The lowest BCUT2D eigenvalue weighted by molar-refractivity contribution is -0.121. The lowest BCUT2D eigenvalue weighted by Crippen LogP contribution is -2.38. The first kappa shape index (κ1) is 17.8. The highest BCUT2D eigenvalue weighted by Gasteiger charge is 2.16. The minimum absolute atomic E-state index is 0.0107. The van der Waals surface area contributed by atoms with Crippen molar-refractivity contribution in [1.29, 1.82) is 0 Å². The maximum atomic E-state index is 12.4. The third-order valence-corrected chi connectivity index (χ3v) is 4.77. The highest BCUT2D eigenvalue weighted by molar-refractivity contribution is 7.98. The van der Waals surface area contributed by atoms with Crippen molar-refractivity contribution in [1.82, 2.24) is 10.3 Å². The molecule has 2 aromatic rings. The summed E-state index contributed by atoms with van der Waals surface area (Å²) in [6.45, 7) is 4.09. The fraction of sp³-hybridized carbons (Fsp3) is 0.444. The number of carbonyl (C=O) groups is 1. The third-order valence-electron chi connectivity index (χ3n) is 4.03. The Bertz CT molecular complexity index is 682. The van der Waals surface area contributed by atoms with E-state index in [0.29, 0.717) is 12.8 Å². The van der Waals surface area contributed by atoms with Crippen LogP contribution >= 0.6 is 11.8 Å². The molecule has 5 heteroatoms. The van der Waals surface area contributed by atoms with Crippen molar-refractivity contribution in [3.05, 3.63) is 41.1 Å². The van der Waals surface area contributed by atoms with E-state index in [1.165, 1.54) is 0 Å². The summed E-state index contributed by atoms with van der Waals surface area (Å²) in [5.41, 5.74) is 3.98. The minimum atomic E-state index is -0.0132. The van der Waals surface area contributed by atoms with Crippen molar-refractivity contribution in [2.75, 3.05) is 18.6 Å². The topological polar surface area (TPSA) is 62.2 Å². The quantitative estimate of drug-likeness (QED) is 0.818. The summed E-state index contributed by atoms with van der Waals surface area (Å²) >= 11 is 1.67. The molecule has 0 fully saturated rings. The number of amides is 1. The van der Waals surface area contributed by atoms with Gasteiger partial charge in [-0.15, -0.1) is 0 Å². The Kier molecular flexibility index (Phi) is 6.42. The van der Waals surface area contributed by atoms with Crippen LogP contribution in [0.2, 0.25) is 0 Å². The molecule has 1 aromatic heterocycles. The number of aryl methyl sites for hydroxylation is 2. The molecule has 2 rings (SSSR count). The summed E-state index contributed by atoms with van der Waals surface area (Å²) < 4.78 is 0. The van der Waals surface area contributed by atoms with Crippen molar-refractivity contribution >= 4 is 28.6 Å². The number of benzene rings is 1. The summed E-state index contributed by atoms with van der Waals surface area (Å²) in [5, 5.41) is 13.2. The predicted octanol–water partition coefficient (Wildman–Crippen LogP) is 2.62. The van der Waals surface area contributed by atoms with E-state index in [4.69, 9.17) is 5.11 Å². The number of carbonyl (C=O) groups excluding carboxylic acids is 1. The molecule has 0 spiro atoms. The molecule has 0 aliphatic rings. The van der Waals surface area contributed by atoms with Crippen LogP contribution in [0.3, 0.4) is 0 Å². The predicted molar refractivity (Wildman–Crippen MR) is 96.9 cm³/mol. The second-order valence-electron chi connectivity index (χ2n) is 5.73. The molecule has 1 heterocycles. The van der Waals surface area contributed by atoms with Gasteiger partial charge in [-0.1, -0.05) is 18.2 Å². The van der Waals surface area contributed by atoms with E-state index in [0.717, 1.165) is 33.5 Å². The van der Waals surface area contributed by atoms with Gasteiger partial charge in [0.15, 0.2) is 0 Å². The highest BCUT2D eigenvalue weighted by Crippen LogP contribution is 2.22. The van der Waals surface area contributed by atoms with Gasteiger partial charge in [0, 0.05) is 29.5 Å². The first-order valence-corrected chi connectivity index (χ1v) is 9.20. The lowest BCUT2D eigenvalue weighted by Gasteiger charge is -2.18. The zero-order chi connectivity index (χ0) is 16.8. The van der Waals surface area contributed by atoms with Gasteiger partial charge in [0.2, 0.25) is 5.91 Å². The van der Waals surface area contributed by atoms with Crippen LogP contribution < -0.4 is 5.32 Å². The molecule has 0 bridgehead atoms. The minimum Gasteiger partial charge on any atom is -0.396 e. The number of para-hydroxylation sites is 1. The number of thioether (sulfide) groups is 1. The number of aliphatic hydroxyl groups excluding tert-OH is 1. The number of hydrogen-bond donors (Lipinski definition) is 2.